The average molecular weight is 235 g/mol. The molecule has 2 N–H and O–H groups in total. The SMILES string of the molecule is COc1ccc(C)cc1CC(=O)C(C)CCN. The van der Waals surface area contributed by atoms with E-state index in [0.29, 0.717) is 13.0 Å². The Morgan fingerprint density at radius 3 is 2.76 bits per heavy atom. The van der Waals surface area contributed by atoms with Crippen LogP contribution in [0.3, 0.4) is 0 Å². The van der Waals surface area contributed by atoms with Gasteiger partial charge in [0, 0.05) is 17.9 Å². The molecule has 1 aromatic rings. The second-order valence-corrected chi connectivity index (χ2v) is 4.44. The van der Waals surface area contributed by atoms with E-state index in [-0.39, 0.29) is 11.7 Å². The second kappa shape index (κ2) is 6.40. The first-order chi connectivity index (χ1) is 8.08. The van der Waals surface area contributed by atoms with Gasteiger partial charge in [0.15, 0.2) is 0 Å². The molecule has 0 heterocycles. The van der Waals surface area contributed by atoms with Crippen molar-refractivity contribution in [2.45, 2.75) is 26.7 Å². The highest BCUT2D eigenvalue weighted by atomic mass is 16.5. The van der Waals surface area contributed by atoms with Crippen molar-refractivity contribution in [2.24, 2.45) is 11.7 Å². The third-order valence-electron chi connectivity index (χ3n) is 2.95. The van der Waals surface area contributed by atoms with Crippen LogP contribution >= 0.6 is 0 Å². The van der Waals surface area contributed by atoms with Crippen molar-refractivity contribution in [2.75, 3.05) is 13.7 Å². The molecule has 0 aliphatic rings. The molecule has 3 nitrogen and oxygen atoms in total. The van der Waals surface area contributed by atoms with E-state index in [2.05, 4.69) is 0 Å². The molecule has 1 atom stereocenters. The van der Waals surface area contributed by atoms with Crippen molar-refractivity contribution in [1.29, 1.82) is 0 Å². The Hall–Kier alpha value is -1.35. The summed E-state index contributed by atoms with van der Waals surface area (Å²) in [6.45, 7) is 4.49. The molecule has 0 spiro atoms. The molecule has 1 rings (SSSR count). The molecule has 1 unspecified atom stereocenters. The lowest BCUT2D eigenvalue weighted by atomic mass is 9.95. The van der Waals surface area contributed by atoms with Gasteiger partial charge < -0.3 is 10.5 Å². The summed E-state index contributed by atoms with van der Waals surface area (Å²) in [5.41, 5.74) is 7.56. The molecule has 17 heavy (non-hydrogen) atoms. The van der Waals surface area contributed by atoms with Gasteiger partial charge in [-0.3, -0.25) is 4.79 Å². The van der Waals surface area contributed by atoms with Crippen LogP contribution in [-0.2, 0) is 11.2 Å². The van der Waals surface area contributed by atoms with E-state index < -0.39 is 0 Å². The minimum atomic E-state index is 0.0187. The quantitative estimate of drug-likeness (QED) is 0.821. The molecule has 0 aromatic heterocycles. The topological polar surface area (TPSA) is 52.3 Å². The van der Waals surface area contributed by atoms with Crippen LogP contribution in [0.4, 0.5) is 0 Å². The van der Waals surface area contributed by atoms with Crippen molar-refractivity contribution in [3.05, 3.63) is 29.3 Å². The standard InChI is InChI=1S/C14H21NO2/c1-10-4-5-14(17-3)12(8-10)9-13(16)11(2)6-7-15/h4-5,8,11H,6-7,9,15H2,1-3H3. The maximum absolute atomic E-state index is 12.0. The van der Waals surface area contributed by atoms with Crippen LogP contribution in [0.5, 0.6) is 5.75 Å². The van der Waals surface area contributed by atoms with Crippen molar-refractivity contribution >= 4 is 5.78 Å². The van der Waals surface area contributed by atoms with Gasteiger partial charge in [-0.1, -0.05) is 24.6 Å². The molecule has 3 heteroatoms. The highest BCUT2D eigenvalue weighted by Gasteiger charge is 2.15. The van der Waals surface area contributed by atoms with Gasteiger partial charge in [0.2, 0.25) is 0 Å². The van der Waals surface area contributed by atoms with Gasteiger partial charge in [-0.05, 0) is 26.0 Å². The van der Waals surface area contributed by atoms with Crippen molar-refractivity contribution in [3.63, 3.8) is 0 Å². The molecular formula is C14H21NO2. The van der Waals surface area contributed by atoms with Crippen molar-refractivity contribution in [1.82, 2.24) is 0 Å². The molecule has 0 aliphatic carbocycles. The molecule has 0 saturated carbocycles. The molecule has 0 bridgehead atoms. The molecule has 0 fully saturated rings. The minimum Gasteiger partial charge on any atom is -0.496 e. The Morgan fingerprint density at radius 1 is 1.47 bits per heavy atom. The highest BCUT2D eigenvalue weighted by Crippen LogP contribution is 2.21. The largest absolute Gasteiger partial charge is 0.496 e. The van der Waals surface area contributed by atoms with E-state index in [4.69, 9.17) is 10.5 Å². The van der Waals surface area contributed by atoms with Crippen LogP contribution in [0.2, 0.25) is 0 Å². The highest BCUT2D eigenvalue weighted by molar-refractivity contribution is 5.83. The molecule has 0 aliphatic heterocycles. The lowest BCUT2D eigenvalue weighted by Crippen LogP contribution is -2.17. The summed E-state index contributed by atoms with van der Waals surface area (Å²) in [5.74, 6) is 1.02. The summed E-state index contributed by atoms with van der Waals surface area (Å²) < 4.78 is 5.26. The van der Waals surface area contributed by atoms with Gasteiger partial charge in [0.05, 0.1) is 7.11 Å². The Kier molecular flexibility index (Phi) is 5.16. The zero-order chi connectivity index (χ0) is 12.8. The molecule has 0 radical (unpaired) electrons. The predicted octanol–water partition coefficient (Wildman–Crippen LogP) is 2.10. The first-order valence-corrected chi connectivity index (χ1v) is 5.94. The number of methoxy groups -OCH3 is 1. The van der Waals surface area contributed by atoms with Crippen LogP contribution in [0.25, 0.3) is 0 Å². The number of ether oxygens (including phenoxy) is 1. The maximum Gasteiger partial charge on any atom is 0.140 e. The number of ketones is 1. The van der Waals surface area contributed by atoms with Gasteiger partial charge >= 0.3 is 0 Å². The summed E-state index contributed by atoms with van der Waals surface area (Å²) >= 11 is 0. The molecule has 0 amide bonds. The van der Waals surface area contributed by atoms with E-state index in [0.717, 1.165) is 23.3 Å². The summed E-state index contributed by atoms with van der Waals surface area (Å²) in [6, 6.07) is 5.90. The second-order valence-electron chi connectivity index (χ2n) is 4.44. The van der Waals surface area contributed by atoms with E-state index >= 15 is 0 Å². The van der Waals surface area contributed by atoms with E-state index in [1.165, 1.54) is 0 Å². The number of aryl methyl sites for hydroxylation is 1. The number of Topliss-reactive ketones (excluding diaryl/α,β-unsaturated/α-hetero) is 1. The number of rotatable bonds is 6. The van der Waals surface area contributed by atoms with Crippen LogP contribution in [0.15, 0.2) is 18.2 Å². The van der Waals surface area contributed by atoms with Crippen LogP contribution in [-0.4, -0.2) is 19.4 Å². The van der Waals surface area contributed by atoms with Crippen molar-refractivity contribution < 1.29 is 9.53 Å². The summed E-state index contributed by atoms with van der Waals surface area (Å²) in [7, 11) is 1.63. The van der Waals surface area contributed by atoms with Crippen LogP contribution in [0, 0.1) is 12.8 Å². The Balaban J connectivity index is 2.79. The number of hydrogen-bond donors (Lipinski definition) is 1. The number of carbonyl (C=O) groups excluding carboxylic acids is 1. The predicted molar refractivity (Wildman–Crippen MR) is 69.3 cm³/mol. The number of hydrogen-bond acceptors (Lipinski definition) is 3. The van der Waals surface area contributed by atoms with E-state index in [1.54, 1.807) is 7.11 Å². The van der Waals surface area contributed by atoms with E-state index in [1.807, 2.05) is 32.0 Å². The third-order valence-corrected chi connectivity index (χ3v) is 2.95. The van der Waals surface area contributed by atoms with Gasteiger partial charge in [-0.2, -0.15) is 0 Å². The molecule has 0 saturated heterocycles. The minimum absolute atomic E-state index is 0.0187. The summed E-state index contributed by atoms with van der Waals surface area (Å²) in [6.07, 6.45) is 1.17. The smallest absolute Gasteiger partial charge is 0.140 e. The van der Waals surface area contributed by atoms with Crippen LogP contribution < -0.4 is 10.5 Å². The normalized spacial score (nSPS) is 12.2. The number of nitrogens with two attached hydrogens (primary N) is 1. The number of carbonyl (C=O) groups is 1. The lowest BCUT2D eigenvalue weighted by Gasteiger charge is -2.12. The average Bonchev–Trinajstić information content (AvgIpc) is 2.29. The Morgan fingerprint density at radius 2 is 2.18 bits per heavy atom. The van der Waals surface area contributed by atoms with Gasteiger partial charge in [-0.25, -0.2) is 0 Å². The first kappa shape index (κ1) is 13.7. The molecule has 94 valence electrons. The molecule has 1 aromatic carbocycles. The van der Waals surface area contributed by atoms with Gasteiger partial charge in [-0.15, -0.1) is 0 Å². The zero-order valence-corrected chi connectivity index (χ0v) is 10.8. The Bertz CT molecular complexity index is 388. The van der Waals surface area contributed by atoms with Crippen LogP contribution in [0.1, 0.15) is 24.5 Å². The fraction of sp³-hybridized carbons (Fsp3) is 0.500. The van der Waals surface area contributed by atoms with Gasteiger partial charge in [0.1, 0.15) is 11.5 Å². The summed E-state index contributed by atoms with van der Waals surface area (Å²) in [5, 5.41) is 0. The van der Waals surface area contributed by atoms with Gasteiger partial charge in [0.25, 0.3) is 0 Å². The fourth-order valence-electron chi connectivity index (χ4n) is 1.82. The van der Waals surface area contributed by atoms with E-state index in [9.17, 15) is 4.79 Å². The first-order valence-electron chi connectivity index (χ1n) is 5.94. The molecular weight excluding hydrogens is 214 g/mol. The monoisotopic (exact) mass is 235 g/mol. The lowest BCUT2D eigenvalue weighted by molar-refractivity contribution is -0.121. The summed E-state index contributed by atoms with van der Waals surface area (Å²) in [4.78, 5) is 12.0. The van der Waals surface area contributed by atoms with Crippen molar-refractivity contribution in [3.8, 4) is 5.75 Å². The fourth-order valence-corrected chi connectivity index (χ4v) is 1.82. The maximum atomic E-state index is 12.0. The number of benzene rings is 1. The third kappa shape index (κ3) is 3.86. The zero-order valence-electron chi connectivity index (χ0n) is 10.8. The Labute approximate surface area is 103 Å².